The Hall–Kier alpha value is -1.02. The monoisotopic (exact) mass is 342 g/mol. The number of hydrogen-bond acceptors (Lipinski definition) is 5. The lowest BCUT2D eigenvalue weighted by Gasteiger charge is -2.12. The zero-order valence-corrected chi connectivity index (χ0v) is 12.9. The van der Waals surface area contributed by atoms with E-state index < -0.39 is 32.8 Å². The van der Waals surface area contributed by atoms with Crippen LogP contribution >= 0.6 is 15.4 Å². The fourth-order valence-corrected chi connectivity index (χ4v) is 3.86. The summed E-state index contributed by atoms with van der Waals surface area (Å²) in [7, 11) is -9.39. The predicted octanol–water partition coefficient (Wildman–Crippen LogP) is -0.0801. The first-order valence-electron chi connectivity index (χ1n) is 5.89. The molecule has 1 aromatic heterocycles. The zero-order chi connectivity index (χ0) is 16.3. The first kappa shape index (κ1) is 18.0. The van der Waals surface area contributed by atoms with Gasteiger partial charge in [0.25, 0.3) is 5.56 Å². The molecule has 1 unspecified atom stereocenters. The molecule has 0 spiro atoms. The Morgan fingerprint density at radius 1 is 1.24 bits per heavy atom. The molecular weight excluding hydrogens is 326 g/mol. The standard InChI is InChI=1S/C9H16N2O8P2/c1-7-6-11(9(13)10-8(7)12)4-2-3-5-20(14,15)19-21(16,17)18/h6H,2-5H2,1H3,(H,14,15)(H,10,12,13)(H2,16,17,18). The molecule has 1 atom stereocenters. The largest absolute Gasteiger partial charge is 0.476 e. The highest BCUT2D eigenvalue weighted by Gasteiger charge is 2.29. The Labute approximate surface area is 119 Å². The maximum Gasteiger partial charge on any atom is 0.476 e. The van der Waals surface area contributed by atoms with E-state index in [1.807, 2.05) is 0 Å². The van der Waals surface area contributed by atoms with Gasteiger partial charge >= 0.3 is 21.1 Å². The average Bonchev–Trinajstić information content (AvgIpc) is 2.27. The van der Waals surface area contributed by atoms with Gasteiger partial charge in [0, 0.05) is 18.3 Å². The molecule has 10 nitrogen and oxygen atoms in total. The number of phosphoric acid groups is 1. The lowest BCUT2D eigenvalue weighted by atomic mass is 10.3. The van der Waals surface area contributed by atoms with E-state index in [0.29, 0.717) is 12.0 Å². The highest BCUT2D eigenvalue weighted by Crippen LogP contribution is 2.57. The molecule has 0 amide bonds. The van der Waals surface area contributed by atoms with E-state index in [0.717, 1.165) is 0 Å². The van der Waals surface area contributed by atoms with E-state index in [2.05, 4.69) is 9.29 Å². The molecule has 1 heterocycles. The summed E-state index contributed by atoms with van der Waals surface area (Å²) in [5.41, 5.74) is -0.720. The van der Waals surface area contributed by atoms with Gasteiger partial charge in [-0.3, -0.25) is 14.3 Å². The van der Waals surface area contributed by atoms with Crippen molar-refractivity contribution >= 4 is 15.4 Å². The molecule has 0 fully saturated rings. The van der Waals surface area contributed by atoms with Crippen LogP contribution in [0.3, 0.4) is 0 Å². The summed E-state index contributed by atoms with van der Waals surface area (Å²) in [4.78, 5) is 50.8. The maximum atomic E-state index is 11.4. The number of aromatic amines is 1. The summed E-state index contributed by atoms with van der Waals surface area (Å²) in [5.74, 6) is 0. The second-order valence-electron chi connectivity index (χ2n) is 4.41. The number of nitrogens with zero attached hydrogens (tertiary/aromatic N) is 1. The molecular formula is C9H16N2O8P2. The summed E-state index contributed by atoms with van der Waals surface area (Å²) in [6, 6.07) is 0. The number of aryl methyl sites for hydroxylation is 2. The van der Waals surface area contributed by atoms with Crippen LogP contribution in [0.1, 0.15) is 18.4 Å². The van der Waals surface area contributed by atoms with Gasteiger partial charge < -0.3 is 19.2 Å². The molecule has 0 aliphatic carbocycles. The zero-order valence-electron chi connectivity index (χ0n) is 11.1. The highest BCUT2D eigenvalue weighted by molar-refractivity contribution is 7.63. The second kappa shape index (κ2) is 6.83. The van der Waals surface area contributed by atoms with Crippen molar-refractivity contribution in [2.75, 3.05) is 6.16 Å². The van der Waals surface area contributed by atoms with E-state index in [9.17, 15) is 23.6 Å². The molecule has 12 heteroatoms. The van der Waals surface area contributed by atoms with Crippen LogP contribution < -0.4 is 11.2 Å². The number of H-pyrrole nitrogens is 1. The van der Waals surface area contributed by atoms with Gasteiger partial charge in [0.1, 0.15) is 0 Å². The van der Waals surface area contributed by atoms with Crippen LogP contribution in [0, 0.1) is 6.92 Å². The predicted molar refractivity (Wildman–Crippen MR) is 73.1 cm³/mol. The van der Waals surface area contributed by atoms with Crippen molar-refractivity contribution in [3.63, 3.8) is 0 Å². The number of nitrogens with one attached hydrogen (secondary N) is 1. The third-order valence-electron chi connectivity index (χ3n) is 2.51. The van der Waals surface area contributed by atoms with Gasteiger partial charge in [-0.1, -0.05) is 0 Å². The number of rotatable bonds is 7. The molecule has 0 saturated heterocycles. The first-order valence-corrected chi connectivity index (χ1v) is 9.18. The van der Waals surface area contributed by atoms with Gasteiger partial charge in [0.15, 0.2) is 0 Å². The van der Waals surface area contributed by atoms with E-state index in [4.69, 9.17) is 9.79 Å². The molecule has 0 aromatic carbocycles. The molecule has 0 saturated carbocycles. The Kier molecular flexibility index (Phi) is 5.86. The average molecular weight is 342 g/mol. The molecule has 0 radical (unpaired) electrons. The Morgan fingerprint density at radius 2 is 1.86 bits per heavy atom. The van der Waals surface area contributed by atoms with Crippen molar-refractivity contribution in [1.29, 1.82) is 0 Å². The molecule has 21 heavy (non-hydrogen) atoms. The van der Waals surface area contributed by atoms with Gasteiger partial charge in [0.05, 0.1) is 6.16 Å². The minimum Gasteiger partial charge on any atom is -0.324 e. The van der Waals surface area contributed by atoms with Gasteiger partial charge in [0.2, 0.25) is 0 Å². The van der Waals surface area contributed by atoms with Crippen molar-refractivity contribution in [1.82, 2.24) is 9.55 Å². The minimum absolute atomic E-state index is 0.110. The Bertz CT molecular complexity index is 702. The molecule has 120 valence electrons. The van der Waals surface area contributed by atoms with E-state index in [-0.39, 0.29) is 13.0 Å². The van der Waals surface area contributed by atoms with Gasteiger partial charge in [-0.05, 0) is 19.8 Å². The minimum atomic E-state index is -5.02. The van der Waals surface area contributed by atoms with E-state index in [1.54, 1.807) is 0 Å². The summed E-state index contributed by atoms with van der Waals surface area (Å²) < 4.78 is 26.8. The fourth-order valence-electron chi connectivity index (χ4n) is 1.59. The van der Waals surface area contributed by atoms with Gasteiger partial charge in [-0.2, -0.15) is 0 Å². The van der Waals surface area contributed by atoms with Crippen molar-refractivity contribution in [2.24, 2.45) is 0 Å². The summed E-state index contributed by atoms with van der Waals surface area (Å²) in [5, 5.41) is 0. The van der Waals surface area contributed by atoms with Crippen LogP contribution in [0.5, 0.6) is 0 Å². The molecule has 0 aliphatic rings. The fraction of sp³-hybridized carbons (Fsp3) is 0.556. The van der Waals surface area contributed by atoms with Crippen molar-refractivity contribution in [2.45, 2.75) is 26.3 Å². The molecule has 0 bridgehead atoms. The van der Waals surface area contributed by atoms with Gasteiger partial charge in [-0.15, -0.1) is 0 Å². The van der Waals surface area contributed by atoms with Crippen molar-refractivity contribution in [3.8, 4) is 0 Å². The van der Waals surface area contributed by atoms with Crippen LogP contribution in [0.15, 0.2) is 15.8 Å². The lowest BCUT2D eigenvalue weighted by Crippen LogP contribution is -2.30. The molecule has 0 aliphatic heterocycles. The van der Waals surface area contributed by atoms with Crippen LogP contribution in [0.4, 0.5) is 0 Å². The SMILES string of the molecule is Cc1cn(CCCCP(=O)(O)OP(=O)(O)O)c(=O)[nH]c1=O. The highest BCUT2D eigenvalue weighted by atomic mass is 31.3. The van der Waals surface area contributed by atoms with Gasteiger partial charge in [-0.25, -0.2) is 13.7 Å². The third kappa shape index (κ3) is 6.52. The molecule has 1 aromatic rings. The number of unbranched alkanes of at least 4 members (excludes halogenated alkanes) is 1. The summed E-state index contributed by atoms with van der Waals surface area (Å²) in [6.07, 6.45) is 1.32. The topological polar surface area (TPSA) is 159 Å². The summed E-state index contributed by atoms with van der Waals surface area (Å²) >= 11 is 0. The maximum absolute atomic E-state index is 11.4. The number of aromatic nitrogens is 2. The Morgan fingerprint density at radius 3 is 2.43 bits per heavy atom. The second-order valence-corrected chi connectivity index (χ2v) is 7.76. The van der Waals surface area contributed by atoms with Crippen molar-refractivity contribution in [3.05, 3.63) is 32.6 Å². The van der Waals surface area contributed by atoms with Crippen LogP contribution in [0.25, 0.3) is 0 Å². The lowest BCUT2D eigenvalue weighted by molar-refractivity contribution is 0.263. The first-order chi connectivity index (χ1) is 9.50. The number of hydrogen-bond donors (Lipinski definition) is 4. The van der Waals surface area contributed by atoms with Crippen LogP contribution in [0.2, 0.25) is 0 Å². The van der Waals surface area contributed by atoms with Crippen LogP contribution in [-0.4, -0.2) is 30.4 Å². The normalized spacial score (nSPS) is 14.9. The molecule has 1 rings (SSSR count). The van der Waals surface area contributed by atoms with E-state index in [1.165, 1.54) is 17.7 Å². The smallest absolute Gasteiger partial charge is 0.324 e. The third-order valence-corrected chi connectivity index (χ3v) is 5.27. The van der Waals surface area contributed by atoms with Crippen LogP contribution in [-0.2, 0) is 20.0 Å². The Balaban J connectivity index is 2.54. The molecule has 4 N–H and O–H groups in total. The van der Waals surface area contributed by atoms with E-state index >= 15 is 0 Å². The quantitative estimate of drug-likeness (QED) is 0.395. The summed E-state index contributed by atoms with van der Waals surface area (Å²) in [6.45, 7) is 1.72. The van der Waals surface area contributed by atoms with Crippen molar-refractivity contribution < 1.29 is 28.1 Å².